The van der Waals surface area contributed by atoms with E-state index < -0.39 is 11.7 Å². The minimum atomic E-state index is -4.53. The molecule has 0 bridgehead atoms. The van der Waals surface area contributed by atoms with Crippen molar-refractivity contribution in [3.05, 3.63) is 52.0 Å². The van der Waals surface area contributed by atoms with Gasteiger partial charge >= 0.3 is 6.18 Å². The van der Waals surface area contributed by atoms with Crippen LogP contribution in [0.15, 0.2) is 30.3 Å². The quantitative estimate of drug-likeness (QED) is 0.407. The van der Waals surface area contributed by atoms with Gasteiger partial charge in [0, 0.05) is 0 Å². The van der Waals surface area contributed by atoms with Gasteiger partial charge in [-0.1, -0.05) is 11.6 Å². The fourth-order valence-corrected chi connectivity index (χ4v) is 2.70. The van der Waals surface area contributed by atoms with E-state index in [1.165, 1.54) is 12.1 Å². The summed E-state index contributed by atoms with van der Waals surface area (Å²) < 4.78 is 46.6. The lowest BCUT2D eigenvalue weighted by Crippen LogP contribution is -2.17. The van der Waals surface area contributed by atoms with Crippen LogP contribution in [0.4, 0.5) is 18.9 Å². The van der Waals surface area contributed by atoms with E-state index in [1.54, 1.807) is 0 Å². The molecular weight excluding hydrogens is 365 g/mol. The first-order chi connectivity index (χ1) is 12.1. The molecule has 2 rings (SSSR count). The van der Waals surface area contributed by atoms with Crippen LogP contribution < -0.4 is 10.1 Å². The maximum absolute atomic E-state index is 13.0. The van der Waals surface area contributed by atoms with Crippen LogP contribution in [0.25, 0.3) is 0 Å². The van der Waals surface area contributed by atoms with Crippen LogP contribution in [0.5, 0.6) is 11.5 Å². The summed E-state index contributed by atoms with van der Waals surface area (Å²) in [6, 6.07) is 7.26. The van der Waals surface area contributed by atoms with Crippen LogP contribution in [0.3, 0.4) is 0 Å². The fourth-order valence-electron chi connectivity index (χ4n) is 2.47. The first kappa shape index (κ1) is 20.1. The number of aryl methyl sites for hydroxylation is 2. The van der Waals surface area contributed by atoms with E-state index in [0.29, 0.717) is 5.75 Å². The van der Waals surface area contributed by atoms with E-state index in [1.807, 2.05) is 50.9 Å². The minimum absolute atomic E-state index is 0.0875. The third-order valence-corrected chi connectivity index (χ3v) is 4.16. The number of nitrogens with one attached hydrogen (secondary N) is 1. The Morgan fingerprint density at radius 1 is 1.15 bits per heavy atom. The van der Waals surface area contributed by atoms with E-state index in [0.717, 1.165) is 29.4 Å². The molecule has 0 unspecified atom stereocenters. The standard InChI is InChI=1S/C19H20ClF3N2O/c1-5-24-11-25(4)17-8-13(3)18(9-12(17)2)26-14-6-7-16(20)15(10-14)19(21,22)23/h6-11H,5H2,1-4H3/p+1. The van der Waals surface area contributed by atoms with Gasteiger partial charge in [-0.25, -0.2) is 4.58 Å². The van der Waals surface area contributed by atoms with Gasteiger partial charge in [0.15, 0.2) is 0 Å². The van der Waals surface area contributed by atoms with Crippen LogP contribution in [0.1, 0.15) is 23.6 Å². The summed E-state index contributed by atoms with van der Waals surface area (Å²) in [5.74, 6) is 0.586. The van der Waals surface area contributed by atoms with Gasteiger partial charge in [-0.3, -0.25) is 5.32 Å². The molecule has 0 aliphatic carbocycles. The summed E-state index contributed by atoms with van der Waals surface area (Å²) in [7, 11) is 1.92. The zero-order valence-electron chi connectivity index (χ0n) is 15.0. The third-order valence-electron chi connectivity index (χ3n) is 3.83. The van der Waals surface area contributed by atoms with Crippen LogP contribution in [-0.2, 0) is 6.18 Å². The first-order valence-corrected chi connectivity index (χ1v) is 8.46. The molecule has 0 amide bonds. The molecule has 0 heterocycles. The van der Waals surface area contributed by atoms with Crippen molar-refractivity contribution in [2.24, 2.45) is 0 Å². The largest absolute Gasteiger partial charge is 0.457 e. The Balaban J connectivity index is 2.35. The number of hydrogen-bond donors (Lipinski definition) is 1. The lowest BCUT2D eigenvalue weighted by atomic mass is 10.1. The van der Waals surface area contributed by atoms with E-state index in [2.05, 4.69) is 5.32 Å². The number of rotatable bonds is 5. The predicted octanol–water partition coefficient (Wildman–Crippen LogP) is 5.68. The van der Waals surface area contributed by atoms with Gasteiger partial charge in [0.1, 0.15) is 17.2 Å². The van der Waals surface area contributed by atoms with Crippen molar-refractivity contribution in [3.63, 3.8) is 0 Å². The zero-order chi connectivity index (χ0) is 19.5. The molecule has 0 spiro atoms. The van der Waals surface area contributed by atoms with Crippen LogP contribution in [-0.4, -0.2) is 24.5 Å². The van der Waals surface area contributed by atoms with Gasteiger partial charge in [0.05, 0.1) is 24.2 Å². The summed E-state index contributed by atoms with van der Waals surface area (Å²) in [5, 5.41) is 2.77. The third kappa shape index (κ3) is 4.69. The molecule has 0 aliphatic heterocycles. The Hall–Kier alpha value is -2.21. The fraction of sp³-hybridized carbons (Fsp3) is 0.316. The SMILES string of the molecule is CCNC=[N+](C)c1cc(C)c(Oc2ccc(Cl)c(C(F)(F)F)c2)cc1C. The summed E-state index contributed by atoms with van der Waals surface area (Å²) >= 11 is 5.65. The Morgan fingerprint density at radius 3 is 2.46 bits per heavy atom. The lowest BCUT2D eigenvalue weighted by molar-refractivity contribution is -0.402. The molecule has 3 nitrogen and oxygen atoms in total. The average molecular weight is 386 g/mol. The Bertz CT molecular complexity index is 832. The molecular formula is C19H21ClF3N2O+. The summed E-state index contributed by atoms with van der Waals surface area (Å²) in [6.07, 6.45) is -2.67. The van der Waals surface area contributed by atoms with E-state index >= 15 is 0 Å². The maximum atomic E-state index is 13.0. The molecule has 2 aromatic carbocycles. The van der Waals surface area contributed by atoms with Gasteiger partial charge in [0.25, 0.3) is 0 Å². The maximum Gasteiger partial charge on any atom is 0.417 e. The average Bonchev–Trinajstić information content (AvgIpc) is 2.56. The van der Waals surface area contributed by atoms with Crippen LogP contribution in [0.2, 0.25) is 5.02 Å². The van der Waals surface area contributed by atoms with Gasteiger partial charge in [-0.15, -0.1) is 0 Å². The lowest BCUT2D eigenvalue weighted by Gasteiger charge is -2.14. The Labute approximate surface area is 156 Å². The molecule has 26 heavy (non-hydrogen) atoms. The number of nitrogens with zero attached hydrogens (tertiary/aromatic N) is 1. The monoisotopic (exact) mass is 385 g/mol. The highest BCUT2D eigenvalue weighted by Gasteiger charge is 2.33. The van der Waals surface area contributed by atoms with E-state index in [9.17, 15) is 13.2 Å². The van der Waals surface area contributed by atoms with Crippen molar-refractivity contribution in [2.75, 3.05) is 13.6 Å². The van der Waals surface area contributed by atoms with E-state index in [4.69, 9.17) is 16.3 Å². The van der Waals surface area contributed by atoms with Crippen LogP contribution >= 0.6 is 11.6 Å². The summed E-state index contributed by atoms with van der Waals surface area (Å²) in [5.41, 5.74) is 1.81. The summed E-state index contributed by atoms with van der Waals surface area (Å²) in [6.45, 7) is 6.57. The van der Waals surface area contributed by atoms with Gasteiger partial charge in [-0.2, -0.15) is 13.2 Å². The Kier molecular flexibility index (Phi) is 6.18. The first-order valence-electron chi connectivity index (χ1n) is 8.09. The molecule has 0 saturated heterocycles. The number of halogens is 4. The second kappa shape index (κ2) is 7.99. The zero-order valence-corrected chi connectivity index (χ0v) is 15.8. The van der Waals surface area contributed by atoms with E-state index in [-0.39, 0.29) is 10.8 Å². The molecule has 2 aromatic rings. The Morgan fingerprint density at radius 2 is 1.85 bits per heavy atom. The number of ether oxygens (including phenoxy) is 1. The second-order valence-electron chi connectivity index (χ2n) is 5.94. The molecule has 1 N–H and O–H groups in total. The second-order valence-corrected chi connectivity index (χ2v) is 6.35. The van der Waals surface area contributed by atoms with Crippen LogP contribution in [0, 0.1) is 13.8 Å². The minimum Gasteiger partial charge on any atom is -0.457 e. The topological polar surface area (TPSA) is 24.3 Å². The number of hydrogen-bond acceptors (Lipinski definition) is 1. The highest BCUT2D eigenvalue weighted by atomic mass is 35.5. The normalized spacial score (nSPS) is 12.2. The smallest absolute Gasteiger partial charge is 0.417 e. The van der Waals surface area contributed by atoms with Crippen molar-refractivity contribution in [2.45, 2.75) is 26.9 Å². The molecule has 7 heteroatoms. The highest BCUT2D eigenvalue weighted by Crippen LogP contribution is 2.38. The van der Waals surface area contributed by atoms with Gasteiger partial charge < -0.3 is 4.74 Å². The van der Waals surface area contributed by atoms with Crippen molar-refractivity contribution in [3.8, 4) is 11.5 Å². The van der Waals surface area contributed by atoms with Crippen molar-refractivity contribution in [1.82, 2.24) is 5.32 Å². The molecule has 0 radical (unpaired) electrons. The molecule has 0 saturated carbocycles. The van der Waals surface area contributed by atoms with Gasteiger partial charge in [-0.05, 0) is 62.2 Å². The molecule has 0 fully saturated rings. The predicted molar refractivity (Wildman–Crippen MR) is 98.0 cm³/mol. The van der Waals surface area contributed by atoms with Crippen molar-refractivity contribution in [1.29, 1.82) is 0 Å². The number of alkyl halides is 3. The number of benzene rings is 2. The van der Waals surface area contributed by atoms with Gasteiger partial charge in [0.2, 0.25) is 6.34 Å². The molecule has 0 aromatic heterocycles. The molecule has 0 atom stereocenters. The molecule has 140 valence electrons. The molecule has 0 aliphatic rings. The summed E-state index contributed by atoms with van der Waals surface area (Å²) in [4.78, 5) is 0. The highest BCUT2D eigenvalue weighted by molar-refractivity contribution is 6.31. The van der Waals surface area contributed by atoms with Crippen molar-refractivity contribution < 1.29 is 22.5 Å². The van der Waals surface area contributed by atoms with Crippen molar-refractivity contribution >= 4 is 23.6 Å².